The number of benzene rings is 1. The number of amides is 1. The quantitative estimate of drug-likeness (QED) is 0.712. The Balaban J connectivity index is 1.62. The molecular weight excluding hydrogens is 443 g/mol. The second kappa shape index (κ2) is 9.11. The van der Waals surface area contributed by atoms with Crippen molar-refractivity contribution in [1.29, 1.82) is 0 Å². The van der Waals surface area contributed by atoms with Crippen molar-refractivity contribution < 1.29 is 17.9 Å². The van der Waals surface area contributed by atoms with Gasteiger partial charge in [0.15, 0.2) is 0 Å². The molecule has 1 amide bonds. The van der Waals surface area contributed by atoms with E-state index >= 15 is 0 Å². The molecule has 1 aromatic carbocycles. The molecular formula is C18H20Cl2N2O4S2. The summed E-state index contributed by atoms with van der Waals surface area (Å²) in [6.07, 6.45) is 0.106. The number of carbonyl (C=O) groups is 1. The minimum Gasteiger partial charge on any atom is -0.379 e. The molecule has 28 heavy (non-hydrogen) atoms. The van der Waals surface area contributed by atoms with E-state index < -0.39 is 10.0 Å². The molecule has 10 heteroatoms. The normalized spacial score (nSPS) is 16.7. The van der Waals surface area contributed by atoms with Crippen LogP contribution in [0, 0.1) is 0 Å². The molecule has 1 atom stereocenters. The van der Waals surface area contributed by atoms with Gasteiger partial charge in [0.05, 0.1) is 35.7 Å². The van der Waals surface area contributed by atoms with Crippen molar-refractivity contribution in [3.8, 4) is 0 Å². The Morgan fingerprint density at radius 3 is 2.61 bits per heavy atom. The first-order valence-electron chi connectivity index (χ1n) is 8.68. The van der Waals surface area contributed by atoms with E-state index in [1.165, 1.54) is 4.31 Å². The number of rotatable bonds is 6. The fourth-order valence-electron chi connectivity index (χ4n) is 2.82. The van der Waals surface area contributed by atoms with E-state index in [0.29, 0.717) is 41.2 Å². The molecule has 3 rings (SSSR count). The third-order valence-electron chi connectivity index (χ3n) is 4.36. The van der Waals surface area contributed by atoms with Gasteiger partial charge in [-0.3, -0.25) is 4.79 Å². The average Bonchev–Trinajstić information content (AvgIpc) is 3.13. The van der Waals surface area contributed by atoms with Crippen LogP contribution in [0.5, 0.6) is 0 Å². The first kappa shape index (κ1) is 21.5. The number of hydrogen-bond acceptors (Lipinski definition) is 5. The van der Waals surface area contributed by atoms with Gasteiger partial charge in [-0.15, -0.1) is 11.3 Å². The lowest BCUT2D eigenvalue weighted by Gasteiger charge is -2.25. The summed E-state index contributed by atoms with van der Waals surface area (Å²) in [5, 5.41) is 3.77. The van der Waals surface area contributed by atoms with Crippen LogP contribution >= 0.6 is 34.5 Å². The third-order valence-corrected chi connectivity index (χ3v) is 8.55. The van der Waals surface area contributed by atoms with Gasteiger partial charge < -0.3 is 10.1 Å². The lowest BCUT2D eigenvalue weighted by molar-refractivity contribution is -0.121. The maximum atomic E-state index is 12.7. The van der Waals surface area contributed by atoms with E-state index in [9.17, 15) is 13.2 Å². The van der Waals surface area contributed by atoms with E-state index in [1.54, 1.807) is 30.3 Å². The monoisotopic (exact) mass is 462 g/mol. The van der Waals surface area contributed by atoms with Crippen LogP contribution in [0.15, 0.2) is 34.5 Å². The predicted molar refractivity (Wildman–Crippen MR) is 111 cm³/mol. The molecule has 2 aromatic rings. The number of halogens is 2. The molecule has 1 saturated heterocycles. The molecule has 0 bridgehead atoms. The summed E-state index contributed by atoms with van der Waals surface area (Å²) in [6, 6.07) is 8.19. The number of nitrogens with zero attached hydrogens (tertiary/aromatic N) is 1. The zero-order valence-electron chi connectivity index (χ0n) is 15.2. The largest absolute Gasteiger partial charge is 0.379 e. The van der Waals surface area contributed by atoms with Crippen molar-refractivity contribution in [2.75, 3.05) is 26.3 Å². The van der Waals surface area contributed by atoms with Gasteiger partial charge in [-0.1, -0.05) is 29.3 Å². The zero-order valence-corrected chi connectivity index (χ0v) is 18.3. The molecule has 1 aromatic heterocycles. The summed E-state index contributed by atoms with van der Waals surface area (Å²) in [4.78, 5) is 13.1. The van der Waals surface area contributed by atoms with Crippen LogP contribution in [0.2, 0.25) is 10.0 Å². The SMILES string of the molecule is C[C@H](NC(=O)Cc1ccc(S(=O)(=O)N2CCOCC2)s1)c1ccc(Cl)c(Cl)c1. The van der Waals surface area contributed by atoms with E-state index in [2.05, 4.69) is 5.32 Å². The fraction of sp³-hybridized carbons (Fsp3) is 0.389. The van der Waals surface area contributed by atoms with Crippen LogP contribution in [0.3, 0.4) is 0 Å². The van der Waals surface area contributed by atoms with E-state index in [0.717, 1.165) is 16.9 Å². The van der Waals surface area contributed by atoms with Crippen LogP contribution in [0.1, 0.15) is 23.4 Å². The molecule has 0 aliphatic carbocycles. The van der Waals surface area contributed by atoms with Gasteiger partial charge in [0, 0.05) is 18.0 Å². The lowest BCUT2D eigenvalue weighted by atomic mass is 10.1. The molecule has 0 radical (unpaired) electrons. The van der Waals surface area contributed by atoms with Gasteiger partial charge >= 0.3 is 0 Å². The first-order chi connectivity index (χ1) is 13.3. The van der Waals surface area contributed by atoms with Gasteiger partial charge in [0.2, 0.25) is 5.91 Å². The number of hydrogen-bond donors (Lipinski definition) is 1. The van der Waals surface area contributed by atoms with Gasteiger partial charge in [-0.05, 0) is 36.8 Å². The number of ether oxygens (including phenoxy) is 1. The van der Waals surface area contributed by atoms with Crippen LogP contribution in [-0.4, -0.2) is 44.9 Å². The molecule has 1 N–H and O–H groups in total. The third kappa shape index (κ3) is 5.06. The first-order valence-corrected chi connectivity index (χ1v) is 11.7. The minimum atomic E-state index is -3.54. The minimum absolute atomic E-state index is 0.106. The van der Waals surface area contributed by atoms with Crippen LogP contribution in [-0.2, 0) is 26.0 Å². The fourth-order valence-corrected chi connectivity index (χ4v) is 6.05. The highest BCUT2D eigenvalue weighted by Crippen LogP contribution is 2.27. The zero-order chi connectivity index (χ0) is 20.3. The molecule has 1 fully saturated rings. The maximum Gasteiger partial charge on any atom is 0.252 e. The molecule has 0 spiro atoms. The van der Waals surface area contributed by atoms with Crippen molar-refractivity contribution in [2.24, 2.45) is 0 Å². The number of sulfonamides is 1. The van der Waals surface area contributed by atoms with Crippen molar-refractivity contribution in [3.63, 3.8) is 0 Å². The summed E-state index contributed by atoms with van der Waals surface area (Å²) in [5.41, 5.74) is 0.838. The Bertz CT molecular complexity index is 956. The van der Waals surface area contributed by atoms with Crippen molar-refractivity contribution >= 4 is 50.5 Å². The summed E-state index contributed by atoms with van der Waals surface area (Å²) in [5.74, 6) is -0.198. The molecule has 1 aliphatic heterocycles. The number of morpholine rings is 1. The van der Waals surface area contributed by atoms with Gasteiger partial charge in [0.1, 0.15) is 4.21 Å². The van der Waals surface area contributed by atoms with Crippen molar-refractivity contribution in [1.82, 2.24) is 9.62 Å². The maximum absolute atomic E-state index is 12.7. The molecule has 152 valence electrons. The summed E-state index contributed by atoms with van der Waals surface area (Å²) < 4.78 is 32.2. The number of nitrogens with one attached hydrogen (secondary N) is 1. The van der Waals surface area contributed by atoms with E-state index in [-0.39, 0.29) is 22.6 Å². The van der Waals surface area contributed by atoms with Crippen molar-refractivity contribution in [2.45, 2.75) is 23.6 Å². The van der Waals surface area contributed by atoms with Gasteiger partial charge in [-0.25, -0.2) is 8.42 Å². The molecule has 2 heterocycles. The van der Waals surface area contributed by atoms with Crippen LogP contribution in [0.25, 0.3) is 0 Å². The molecule has 6 nitrogen and oxygen atoms in total. The Labute approximate surface area is 178 Å². The topological polar surface area (TPSA) is 75.7 Å². The van der Waals surface area contributed by atoms with Crippen molar-refractivity contribution in [3.05, 3.63) is 50.8 Å². The van der Waals surface area contributed by atoms with Crippen LogP contribution < -0.4 is 5.32 Å². The van der Waals surface area contributed by atoms with Gasteiger partial charge in [-0.2, -0.15) is 4.31 Å². The standard InChI is InChI=1S/C18H20Cl2N2O4S2/c1-12(13-2-4-15(19)16(20)10-13)21-17(23)11-14-3-5-18(27-14)28(24,25)22-6-8-26-9-7-22/h2-5,10,12H,6-9,11H2,1H3,(H,21,23)/t12-/m0/s1. The summed E-state index contributed by atoms with van der Waals surface area (Å²) in [7, 11) is -3.54. The smallest absolute Gasteiger partial charge is 0.252 e. The molecule has 0 unspecified atom stereocenters. The Morgan fingerprint density at radius 1 is 1.21 bits per heavy atom. The Hall–Kier alpha value is -1.16. The van der Waals surface area contributed by atoms with Crippen LogP contribution in [0.4, 0.5) is 0 Å². The molecule has 1 aliphatic rings. The highest BCUT2D eigenvalue weighted by atomic mass is 35.5. The second-order valence-corrected chi connectivity index (χ2v) is 10.5. The summed E-state index contributed by atoms with van der Waals surface area (Å²) in [6.45, 7) is 3.33. The number of thiophene rings is 1. The lowest BCUT2D eigenvalue weighted by Crippen LogP contribution is -2.40. The van der Waals surface area contributed by atoms with E-state index in [1.807, 2.05) is 6.92 Å². The van der Waals surface area contributed by atoms with Gasteiger partial charge in [0.25, 0.3) is 10.0 Å². The second-order valence-electron chi connectivity index (χ2n) is 6.38. The highest BCUT2D eigenvalue weighted by molar-refractivity contribution is 7.91. The Kier molecular flexibility index (Phi) is 7.01. The highest BCUT2D eigenvalue weighted by Gasteiger charge is 2.28. The Morgan fingerprint density at radius 2 is 1.93 bits per heavy atom. The average molecular weight is 463 g/mol. The molecule has 0 saturated carbocycles. The van der Waals surface area contributed by atoms with E-state index in [4.69, 9.17) is 27.9 Å². The summed E-state index contributed by atoms with van der Waals surface area (Å²) >= 11 is 13.1. The predicted octanol–water partition coefficient (Wildman–Crippen LogP) is 3.50. The number of carbonyl (C=O) groups excluding carboxylic acids is 1.